The fourth-order valence-corrected chi connectivity index (χ4v) is 4.52. The number of nitrogens with one attached hydrogen (secondary N) is 1. The SMILES string of the molecule is Cc1nn(C(=O)OC(C)(C)C)c2ccc(-c3cncc(OC[C@@H](Cc4cccc(OC(F)(F)F)c4)NC(=O)OC(C)(C)C)c3)cc12. The molecular formula is C33H37F3N4O6. The molecule has 0 saturated carbocycles. The van der Waals surface area contributed by atoms with Gasteiger partial charge in [0.25, 0.3) is 0 Å². The molecule has 1 N–H and O–H groups in total. The van der Waals surface area contributed by atoms with Crippen LogP contribution in [0.5, 0.6) is 11.5 Å². The molecule has 0 aliphatic heterocycles. The molecule has 0 spiro atoms. The van der Waals surface area contributed by atoms with Crippen molar-refractivity contribution in [3.05, 3.63) is 72.2 Å². The predicted octanol–water partition coefficient (Wildman–Crippen LogP) is 7.60. The van der Waals surface area contributed by atoms with E-state index in [0.29, 0.717) is 22.5 Å². The van der Waals surface area contributed by atoms with Gasteiger partial charge in [0, 0.05) is 17.1 Å². The minimum atomic E-state index is -4.84. The molecule has 2 aromatic heterocycles. The number of fused-ring (bicyclic) bond motifs is 1. The van der Waals surface area contributed by atoms with Crippen LogP contribution in [0.3, 0.4) is 0 Å². The second-order valence-electron chi connectivity index (χ2n) is 12.7. The lowest BCUT2D eigenvalue weighted by atomic mass is 10.0. The van der Waals surface area contributed by atoms with E-state index in [4.69, 9.17) is 14.2 Å². The predicted molar refractivity (Wildman–Crippen MR) is 165 cm³/mol. The molecule has 2 heterocycles. The molecule has 246 valence electrons. The molecule has 10 nitrogen and oxygen atoms in total. The van der Waals surface area contributed by atoms with E-state index in [0.717, 1.165) is 16.5 Å². The highest BCUT2D eigenvalue weighted by Gasteiger charge is 2.31. The summed E-state index contributed by atoms with van der Waals surface area (Å²) in [6.45, 7) is 12.3. The Bertz CT molecular complexity index is 1710. The number of aryl methyl sites for hydroxylation is 1. The van der Waals surface area contributed by atoms with E-state index in [9.17, 15) is 22.8 Å². The summed E-state index contributed by atoms with van der Waals surface area (Å²) < 4.78 is 60.5. The fraction of sp³-hybridized carbons (Fsp3) is 0.394. The number of carbonyl (C=O) groups excluding carboxylic acids is 2. The number of halogens is 3. The number of hydrogen-bond donors (Lipinski definition) is 1. The summed E-state index contributed by atoms with van der Waals surface area (Å²) >= 11 is 0. The minimum Gasteiger partial charge on any atom is -0.490 e. The van der Waals surface area contributed by atoms with Crippen molar-refractivity contribution in [2.45, 2.75) is 78.5 Å². The molecular weight excluding hydrogens is 605 g/mol. The standard InChI is InChI=1S/C33H37F3N4O6/c1-20-27-16-22(11-12-28(27)40(39-20)30(42)46-32(5,6)7)23-15-26(18-37-17-23)43-19-24(38-29(41)45-31(2,3)4)13-21-9-8-10-25(14-21)44-33(34,35)36/h8-12,14-18,24H,13,19H2,1-7H3,(H,38,41)/t24-/m1/s1. The first-order chi connectivity index (χ1) is 21.3. The van der Waals surface area contributed by atoms with Crippen LogP contribution >= 0.6 is 0 Å². The van der Waals surface area contributed by atoms with Crippen LogP contribution in [0.25, 0.3) is 22.0 Å². The van der Waals surface area contributed by atoms with Gasteiger partial charge in [-0.05, 0) is 96.3 Å². The average Bonchev–Trinajstić information content (AvgIpc) is 3.25. The number of ether oxygens (including phenoxy) is 4. The quantitative estimate of drug-likeness (QED) is 0.209. The van der Waals surface area contributed by atoms with Gasteiger partial charge >= 0.3 is 18.5 Å². The Morgan fingerprint density at radius 1 is 0.891 bits per heavy atom. The van der Waals surface area contributed by atoms with Crippen molar-refractivity contribution in [2.24, 2.45) is 0 Å². The molecule has 1 atom stereocenters. The van der Waals surface area contributed by atoms with Crippen molar-refractivity contribution >= 4 is 23.1 Å². The van der Waals surface area contributed by atoms with Crippen LogP contribution in [0.15, 0.2) is 60.9 Å². The van der Waals surface area contributed by atoms with Gasteiger partial charge in [0.2, 0.25) is 0 Å². The third kappa shape index (κ3) is 9.85. The van der Waals surface area contributed by atoms with Crippen molar-refractivity contribution in [1.29, 1.82) is 0 Å². The van der Waals surface area contributed by atoms with Gasteiger partial charge in [-0.1, -0.05) is 18.2 Å². The number of aromatic nitrogens is 3. The van der Waals surface area contributed by atoms with E-state index in [1.807, 2.05) is 12.1 Å². The maximum absolute atomic E-state index is 12.8. The van der Waals surface area contributed by atoms with Gasteiger partial charge < -0.3 is 24.3 Å². The number of hydrogen-bond acceptors (Lipinski definition) is 8. The first-order valence-corrected chi connectivity index (χ1v) is 14.5. The van der Waals surface area contributed by atoms with Gasteiger partial charge in [0.15, 0.2) is 0 Å². The first kappa shape index (κ1) is 34.1. The number of rotatable bonds is 8. The smallest absolute Gasteiger partial charge is 0.490 e. The van der Waals surface area contributed by atoms with Gasteiger partial charge in [0.05, 0.1) is 23.4 Å². The third-order valence-corrected chi connectivity index (χ3v) is 6.26. The molecule has 2 aromatic carbocycles. The maximum atomic E-state index is 12.8. The largest absolute Gasteiger partial charge is 0.573 e. The topological polar surface area (TPSA) is 114 Å². The Morgan fingerprint density at radius 2 is 1.61 bits per heavy atom. The number of pyridine rings is 1. The third-order valence-electron chi connectivity index (χ3n) is 6.26. The number of alkyl halides is 3. The van der Waals surface area contributed by atoms with Gasteiger partial charge in [-0.2, -0.15) is 9.78 Å². The highest BCUT2D eigenvalue weighted by molar-refractivity contribution is 5.92. The molecule has 0 aliphatic rings. The number of carbonyl (C=O) groups is 2. The first-order valence-electron chi connectivity index (χ1n) is 14.5. The summed E-state index contributed by atoms with van der Waals surface area (Å²) in [5, 5.41) is 7.87. The van der Waals surface area contributed by atoms with Gasteiger partial charge in [-0.3, -0.25) is 4.98 Å². The Balaban J connectivity index is 1.53. The van der Waals surface area contributed by atoms with Crippen LogP contribution in [0.2, 0.25) is 0 Å². The zero-order chi connectivity index (χ0) is 33.9. The molecule has 13 heteroatoms. The second kappa shape index (κ2) is 13.3. The normalized spacial score (nSPS) is 12.8. The Hall–Kier alpha value is -4.81. The summed E-state index contributed by atoms with van der Waals surface area (Å²) in [6, 6.07) is 12.1. The van der Waals surface area contributed by atoms with Crippen LogP contribution in [-0.4, -0.2) is 57.2 Å². The molecule has 0 bridgehead atoms. The number of alkyl carbamates (subject to hydrolysis) is 1. The Morgan fingerprint density at radius 3 is 2.28 bits per heavy atom. The van der Waals surface area contributed by atoms with E-state index in [1.54, 1.807) is 72.9 Å². The van der Waals surface area contributed by atoms with Crippen molar-refractivity contribution in [3.63, 3.8) is 0 Å². The molecule has 4 aromatic rings. The zero-order valence-corrected chi connectivity index (χ0v) is 26.7. The fourth-order valence-electron chi connectivity index (χ4n) is 4.52. The average molecular weight is 643 g/mol. The lowest BCUT2D eigenvalue weighted by Gasteiger charge is -2.24. The van der Waals surface area contributed by atoms with E-state index in [-0.39, 0.29) is 18.8 Å². The summed E-state index contributed by atoms with van der Waals surface area (Å²) in [6.07, 6.45) is -2.83. The monoisotopic (exact) mass is 642 g/mol. The zero-order valence-electron chi connectivity index (χ0n) is 26.7. The highest BCUT2D eigenvalue weighted by Crippen LogP contribution is 2.29. The number of benzene rings is 2. The molecule has 0 fully saturated rings. The molecule has 0 aliphatic carbocycles. The highest BCUT2D eigenvalue weighted by atomic mass is 19.4. The van der Waals surface area contributed by atoms with Crippen molar-refractivity contribution in [2.75, 3.05) is 6.61 Å². The van der Waals surface area contributed by atoms with Gasteiger partial charge in [-0.15, -0.1) is 13.2 Å². The van der Waals surface area contributed by atoms with Crippen LogP contribution in [0.1, 0.15) is 52.8 Å². The molecule has 0 unspecified atom stereocenters. The van der Waals surface area contributed by atoms with Gasteiger partial charge in [0.1, 0.15) is 29.3 Å². The summed E-state index contributed by atoms with van der Waals surface area (Å²) in [7, 11) is 0. The van der Waals surface area contributed by atoms with Gasteiger partial charge in [-0.25, -0.2) is 9.59 Å². The van der Waals surface area contributed by atoms with Crippen LogP contribution < -0.4 is 14.8 Å². The molecule has 0 radical (unpaired) electrons. The Labute approximate surface area is 264 Å². The van der Waals surface area contributed by atoms with Crippen LogP contribution in [-0.2, 0) is 15.9 Å². The maximum Gasteiger partial charge on any atom is 0.573 e. The van der Waals surface area contributed by atoms with Crippen LogP contribution in [0, 0.1) is 6.92 Å². The minimum absolute atomic E-state index is 0.0461. The number of amides is 1. The Kier molecular flexibility index (Phi) is 9.83. The summed E-state index contributed by atoms with van der Waals surface area (Å²) in [4.78, 5) is 29.6. The van der Waals surface area contributed by atoms with E-state index >= 15 is 0 Å². The van der Waals surface area contributed by atoms with Crippen molar-refractivity contribution in [1.82, 2.24) is 20.1 Å². The van der Waals surface area contributed by atoms with Crippen molar-refractivity contribution < 1.29 is 41.7 Å². The van der Waals surface area contributed by atoms with Crippen LogP contribution in [0.4, 0.5) is 22.8 Å². The molecule has 1 amide bonds. The van der Waals surface area contributed by atoms with Crippen molar-refractivity contribution in [3.8, 4) is 22.6 Å². The summed E-state index contributed by atoms with van der Waals surface area (Å²) in [5.41, 5.74) is 1.79. The lowest BCUT2D eigenvalue weighted by molar-refractivity contribution is -0.274. The molecule has 4 rings (SSSR count). The second-order valence-corrected chi connectivity index (χ2v) is 12.7. The van der Waals surface area contributed by atoms with E-state index in [1.165, 1.54) is 29.1 Å². The summed E-state index contributed by atoms with van der Waals surface area (Å²) in [5.74, 6) is 0.0200. The lowest BCUT2D eigenvalue weighted by Crippen LogP contribution is -2.43. The van der Waals surface area contributed by atoms with E-state index < -0.39 is 35.8 Å². The van der Waals surface area contributed by atoms with E-state index in [2.05, 4.69) is 20.1 Å². The molecule has 0 saturated heterocycles. The molecule has 46 heavy (non-hydrogen) atoms. The number of nitrogens with zero attached hydrogens (tertiary/aromatic N) is 3.